The molecule has 4 aromatic heterocycles. The van der Waals surface area contributed by atoms with E-state index in [9.17, 15) is 10.2 Å². The van der Waals surface area contributed by atoms with Crippen LogP contribution in [-0.2, 0) is 0 Å². The van der Waals surface area contributed by atoms with E-state index < -0.39 is 17.6 Å². The largest absolute Gasteiger partial charge is 0.492 e. The van der Waals surface area contributed by atoms with Crippen molar-refractivity contribution in [3.05, 3.63) is 61.0 Å². The number of ether oxygens (including phenoxy) is 1. The number of fused-ring (bicyclic) bond motifs is 3. The van der Waals surface area contributed by atoms with E-state index in [1.807, 2.05) is 64.8 Å². The van der Waals surface area contributed by atoms with Gasteiger partial charge in [0.25, 0.3) is 0 Å². The van der Waals surface area contributed by atoms with Gasteiger partial charge < -0.3 is 29.7 Å². The van der Waals surface area contributed by atoms with Crippen molar-refractivity contribution >= 4 is 22.5 Å². The maximum atomic E-state index is 11.0. The highest BCUT2D eigenvalue weighted by atomic mass is 16.5. The molecule has 5 atom stereocenters. The van der Waals surface area contributed by atoms with E-state index in [4.69, 9.17) is 10.5 Å². The number of imidazole rings is 1. The van der Waals surface area contributed by atoms with E-state index in [0.29, 0.717) is 17.2 Å². The highest BCUT2D eigenvalue weighted by Gasteiger charge is 2.62. The fourth-order valence-electron chi connectivity index (χ4n) is 5.08. The lowest BCUT2D eigenvalue weighted by Gasteiger charge is -2.41. The topological polar surface area (TPSA) is 124 Å². The lowest BCUT2D eigenvalue weighted by atomic mass is 9.67. The normalized spacial score (nSPS) is 29.4. The van der Waals surface area contributed by atoms with Crippen molar-refractivity contribution < 1.29 is 14.9 Å². The number of rotatable bonds is 4. The van der Waals surface area contributed by atoms with Gasteiger partial charge in [-0.05, 0) is 19.1 Å². The molecule has 9 nitrogen and oxygen atoms in total. The molecule has 0 aromatic carbocycles. The zero-order valence-corrected chi connectivity index (χ0v) is 16.8. The number of aliphatic hydroxyl groups is 2. The standard InChI is InChI=1S/C22H22N6O3/c1-12-9-24-16-8-13(3-6-27(12)16)31-10-22-5-2-15(22)17(18(29)19(22)30)28-7-4-14-20(23)25-11-26-21(14)28/h2-9,11,15,17-19,29-30H,10H2,1H3,(H2,23,25,26)/t15-,17-,18+,19+,22+/m1/s1. The van der Waals surface area contributed by atoms with Crippen LogP contribution in [0, 0.1) is 18.3 Å². The first-order valence-electron chi connectivity index (χ1n) is 10.2. The Hall–Kier alpha value is -3.43. The van der Waals surface area contributed by atoms with Gasteiger partial charge in [0.1, 0.15) is 41.9 Å². The Kier molecular flexibility index (Phi) is 3.72. The summed E-state index contributed by atoms with van der Waals surface area (Å²) in [6, 6.07) is 5.21. The first-order chi connectivity index (χ1) is 15.0. The predicted octanol–water partition coefficient (Wildman–Crippen LogP) is 1.50. The molecule has 1 saturated carbocycles. The number of aromatic nitrogens is 5. The summed E-state index contributed by atoms with van der Waals surface area (Å²) in [7, 11) is 0. The number of hydrogen-bond donors (Lipinski definition) is 3. The molecule has 4 N–H and O–H groups in total. The highest BCUT2D eigenvalue weighted by Crippen LogP contribution is 2.57. The molecule has 0 amide bonds. The van der Waals surface area contributed by atoms with Crippen molar-refractivity contribution in [3.8, 4) is 5.75 Å². The van der Waals surface area contributed by atoms with Gasteiger partial charge in [0.2, 0.25) is 0 Å². The number of aryl methyl sites for hydroxylation is 1. The number of hydrogen-bond acceptors (Lipinski definition) is 7. The molecule has 158 valence electrons. The fraction of sp³-hybridized carbons (Fsp3) is 0.318. The molecular weight excluding hydrogens is 396 g/mol. The van der Waals surface area contributed by atoms with Crippen LogP contribution < -0.4 is 10.5 Å². The Morgan fingerprint density at radius 3 is 2.87 bits per heavy atom. The number of anilines is 1. The lowest BCUT2D eigenvalue weighted by molar-refractivity contribution is -0.0324. The van der Waals surface area contributed by atoms with Gasteiger partial charge in [-0.15, -0.1) is 0 Å². The third-order valence-corrected chi connectivity index (χ3v) is 6.85. The monoisotopic (exact) mass is 418 g/mol. The van der Waals surface area contributed by atoms with Crippen LogP contribution in [0.15, 0.2) is 55.3 Å². The van der Waals surface area contributed by atoms with Crippen LogP contribution in [-0.4, -0.2) is 52.9 Å². The van der Waals surface area contributed by atoms with Crippen molar-refractivity contribution in [1.29, 1.82) is 0 Å². The average molecular weight is 418 g/mol. The van der Waals surface area contributed by atoms with Gasteiger partial charge in [-0.25, -0.2) is 15.0 Å². The predicted molar refractivity (Wildman–Crippen MR) is 113 cm³/mol. The minimum atomic E-state index is -0.979. The summed E-state index contributed by atoms with van der Waals surface area (Å²) in [5.41, 5.74) is 7.77. The van der Waals surface area contributed by atoms with Crippen LogP contribution in [0.3, 0.4) is 0 Å². The van der Waals surface area contributed by atoms with E-state index >= 15 is 0 Å². The van der Waals surface area contributed by atoms with Crippen molar-refractivity contribution in [1.82, 2.24) is 23.9 Å². The molecule has 0 radical (unpaired) electrons. The highest BCUT2D eigenvalue weighted by molar-refractivity contribution is 5.86. The molecule has 0 saturated heterocycles. The summed E-state index contributed by atoms with van der Waals surface area (Å²) < 4.78 is 9.96. The van der Waals surface area contributed by atoms with Gasteiger partial charge in [-0.1, -0.05) is 12.2 Å². The molecule has 4 aromatic rings. The molecule has 2 aliphatic carbocycles. The number of nitrogens with two attached hydrogens (primary N) is 1. The summed E-state index contributed by atoms with van der Waals surface area (Å²) in [4.78, 5) is 12.7. The number of nitrogens with zero attached hydrogens (tertiary/aromatic N) is 5. The third-order valence-electron chi connectivity index (χ3n) is 6.85. The summed E-state index contributed by atoms with van der Waals surface area (Å²) in [5.74, 6) is 0.949. The number of aliphatic hydroxyl groups excluding tert-OH is 2. The van der Waals surface area contributed by atoms with E-state index in [2.05, 4.69) is 15.0 Å². The second-order valence-corrected chi connectivity index (χ2v) is 8.42. The minimum absolute atomic E-state index is 0.110. The van der Waals surface area contributed by atoms with Gasteiger partial charge in [-0.3, -0.25) is 0 Å². The molecule has 6 rings (SSSR count). The molecule has 0 aliphatic heterocycles. The smallest absolute Gasteiger partial charge is 0.145 e. The van der Waals surface area contributed by atoms with Gasteiger partial charge in [0, 0.05) is 36.3 Å². The molecule has 1 fully saturated rings. The molecule has 0 spiro atoms. The Bertz CT molecular complexity index is 1340. The van der Waals surface area contributed by atoms with E-state index in [1.165, 1.54) is 6.33 Å². The van der Waals surface area contributed by atoms with Crippen molar-refractivity contribution in [3.63, 3.8) is 0 Å². The molecule has 0 bridgehead atoms. The van der Waals surface area contributed by atoms with Crippen LogP contribution in [0.4, 0.5) is 5.82 Å². The van der Waals surface area contributed by atoms with Crippen LogP contribution >= 0.6 is 0 Å². The van der Waals surface area contributed by atoms with Crippen molar-refractivity contribution in [2.45, 2.75) is 25.2 Å². The quantitative estimate of drug-likeness (QED) is 0.429. The molecule has 31 heavy (non-hydrogen) atoms. The minimum Gasteiger partial charge on any atom is -0.492 e. The zero-order chi connectivity index (χ0) is 21.3. The van der Waals surface area contributed by atoms with Crippen LogP contribution in [0.25, 0.3) is 16.7 Å². The molecule has 9 heteroatoms. The molecule has 2 aliphatic rings. The SMILES string of the molecule is Cc1cnc2cc(OC[C@@]34C=C[C@@H]3[C@@H](n3ccc5c(N)ncnc53)[C@H](O)[C@@H]4O)ccn12. The van der Waals surface area contributed by atoms with Crippen LogP contribution in [0.1, 0.15) is 11.7 Å². The Morgan fingerprint density at radius 2 is 2.06 bits per heavy atom. The Balaban J connectivity index is 1.31. The van der Waals surface area contributed by atoms with Crippen LogP contribution in [0.2, 0.25) is 0 Å². The first kappa shape index (κ1) is 18.3. The van der Waals surface area contributed by atoms with Gasteiger partial charge in [0.15, 0.2) is 0 Å². The van der Waals surface area contributed by atoms with Gasteiger partial charge in [0.05, 0.1) is 22.9 Å². The number of nitrogen functional groups attached to an aromatic ring is 1. The van der Waals surface area contributed by atoms with E-state index in [1.54, 1.807) is 0 Å². The number of allylic oxidation sites excluding steroid dienone is 1. The van der Waals surface area contributed by atoms with E-state index in [-0.39, 0.29) is 18.6 Å². The zero-order valence-electron chi connectivity index (χ0n) is 16.8. The first-order valence-corrected chi connectivity index (χ1v) is 10.2. The van der Waals surface area contributed by atoms with Crippen LogP contribution in [0.5, 0.6) is 5.75 Å². The van der Waals surface area contributed by atoms with Gasteiger partial charge >= 0.3 is 0 Å². The van der Waals surface area contributed by atoms with Crippen molar-refractivity contribution in [2.75, 3.05) is 12.3 Å². The second kappa shape index (κ2) is 6.29. The molecule has 4 heterocycles. The number of pyridine rings is 1. The average Bonchev–Trinajstić information content (AvgIpc) is 3.38. The summed E-state index contributed by atoms with van der Waals surface area (Å²) in [5, 5.41) is 22.7. The lowest BCUT2D eigenvalue weighted by Crippen LogP contribution is -2.45. The summed E-state index contributed by atoms with van der Waals surface area (Å²) >= 11 is 0. The molecular formula is C22H22N6O3. The van der Waals surface area contributed by atoms with Gasteiger partial charge in [-0.2, -0.15) is 0 Å². The second-order valence-electron chi connectivity index (χ2n) is 8.42. The maximum Gasteiger partial charge on any atom is 0.145 e. The van der Waals surface area contributed by atoms with E-state index in [0.717, 1.165) is 16.7 Å². The maximum absolute atomic E-state index is 11.0. The Labute approximate surface area is 177 Å². The third kappa shape index (κ3) is 2.41. The summed E-state index contributed by atoms with van der Waals surface area (Å²) in [6.07, 6.45) is 8.98. The fourth-order valence-corrected chi connectivity index (χ4v) is 5.08. The Morgan fingerprint density at radius 1 is 1.19 bits per heavy atom. The van der Waals surface area contributed by atoms with Crippen molar-refractivity contribution in [2.24, 2.45) is 11.3 Å². The summed E-state index contributed by atoms with van der Waals surface area (Å²) in [6.45, 7) is 2.23. The molecule has 0 unspecified atom stereocenters.